The van der Waals surface area contributed by atoms with Gasteiger partial charge in [0, 0.05) is 11.8 Å². The summed E-state index contributed by atoms with van der Waals surface area (Å²) < 4.78 is 51.4. The van der Waals surface area contributed by atoms with E-state index in [-0.39, 0.29) is 16.9 Å². The molecule has 0 bridgehead atoms. The molecule has 0 radical (unpaired) electrons. The van der Waals surface area contributed by atoms with E-state index in [1.165, 1.54) is 18.3 Å². The van der Waals surface area contributed by atoms with E-state index in [1.54, 1.807) is 0 Å². The number of anilines is 1. The highest BCUT2D eigenvalue weighted by Crippen LogP contribution is 2.38. The Morgan fingerprint density at radius 2 is 1.78 bits per heavy atom. The van der Waals surface area contributed by atoms with Crippen molar-refractivity contribution in [1.29, 1.82) is 0 Å². The van der Waals surface area contributed by atoms with Crippen molar-refractivity contribution < 1.29 is 17.6 Å². The van der Waals surface area contributed by atoms with Crippen LogP contribution in [0.5, 0.6) is 0 Å². The third-order valence-electron chi connectivity index (χ3n) is 2.42. The van der Waals surface area contributed by atoms with Crippen LogP contribution in [-0.2, 0) is 6.18 Å². The Kier molecular flexibility index (Phi) is 2.94. The number of nitrogen functional groups attached to an aromatic ring is 1. The first-order valence-electron chi connectivity index (χ1n) is 4.97. The zero-order valence-corrected chi connectivity index (χ0v) is 9.00. The summed E-state index contributed by atoms with van der Waals surface area (Å²) in [5.41, 5.74) is 4.41. The maximum absolute atomic E-state index is 12.9. The summed E-state index contributed by atoms with van der Waals surface area (Å²) in [6.07, 6.45) is -3.28. The quantitative estimate of drug-likeness (QED) is 0.793. The Hall–Kier alpha value is -2.11. The number of pyridine rings is 1. The maximum Gasteiger partial charge on any atom is 0.417 e. The van der Waals surface area contributed by atoms with Crippen molar-refractivity contribution in [2.75, 3.05) is 5.73 Å². The SMILES string of the molecule is Nc1ncccc1-c1ccc(F)cc1C(F)(F)F. The molecule has 0 aliphatic heterocycles. The summed E-state index contributed by atoms with van der Waals surface area (Å²) >= 11 is 0. The smallest absolute Gasteiger partial charge is 0.383 e. The summed E-state index contributed by atoms with van der Waals surface area (Å²) in [6, 6.07) is 5.32. The Balaban J connectivity index is 2.69. The molecule has 1 aromatic carbocycles. The Morgan fingerprint density at radius 3 is 2.39 bits per heavy atom. The van der Waals surface area contributed by atoms with Crippen molar-refractivity contribution >= 4 is 5.82 Å². The first-order chi connectivity index (χ1) is 8.39. The van der Waals surface area contributed by atoms with Gasteiger partial charge >= 0.3 is 6.18 Å². The van der Waals surface area contributed by atoms with Gasteiger partial charge < -0.3 is 5.73 Å². The van der Waals surface area contributed by atoms with Crippen LogP contribution in [-0.4, -0.2) is 4.98 Å². The lowest BCUT2D eigenvalue weighted by Gasteiger charge is -2.13. The minimum Gasteiger partial charge on any atom is -0.383 e. The van der Waals surface area contributed by atoms with Crippen LogP contribution in [0.1, 0.15) is 5.56 Å². The van der Waals surface area contributed by atoms with Crippen molar-refractivity contribution in [3.05, 3.63) is 47.9 Å². The summed E-state index contributed by atoms with van der Waals surface area (Å²) in [5, 5.41) is 0. The molecule has 0 fully saturated rings. The number of aromatic nitrogens is 1. The van der Waals surface area contributed by atoms with E-state index in [1.807, 2.05) is 0 Å². The average molecular weight is 256 g/mol. The Bertz CT molecular complexity index is 579. The fourth-order valence-corrected chi connectivity index (χ4v) is 1.63. The standard InChI is InChI=1S/C12H8F4N2/c13-7-3-4-8(10(6-7)12(14,15)16)9-2-1-5-18-11(9)17/h1-6H,(H2,17,18). The Morgan fingerprint density at radius 1 is 1.06 bits per heavy atom. The number of hydrogen-bond donors (Lipinski definition) is 1. The zero-order chi connectivity index (χ0) is 13.3. The van der Waals surface area contributed by atoms with Crippen LogP contribution in [0.25, 0.3) is 11.1 Å². The molecule has 0 spiro atoms. The fourth-order valence-electron chi connectivity index (χ4n) is 1.63. The molecule has 0 aliphatic carbocycles. The molecular formula is C12H8F4N2. The number of hydrogen-bond acceptors (Lipinski definition) is 2. The van der Waals surface area contributed by atoms with Gasteiger partial charge in [-0.05, 0) is 29.8 Å². The van der Waals surface area contributed by atoms with Gasteiger partial charge in [-0.2, -0.15) is 13.2 Å². The predicted octanol–water partition coefficient (Wildman–Crippen LogP) is 3.49. The van der Waals surface area contributed by atoms with Gasteiger partial charge in [0.05, 0.1) is 5.56 Å². The highest BCUT2D eigenvalue weighted by Gasteiger charge is 2.34. The minimum absolute atomic E-state index is 0.0328. The van der Waals surface area contributed by atoms with Crippen LogP contribution >= 0.6 is 0 Å². The fraction of sp³-hybridized carbons (Fsp3) is 0.0833. The molecule has 0 amide bonds. The van der Waals surface area contributed by atoms with E-state index in [0.717, 1.165) is 12.1 Å². The minimum atomic E-state index is -4.65. The van der Waals surface area contributed by atoms with Crippen LogP contribution in [0, 0.1) is 5.82 Å². The number of halogens is 4. The van der Waals surface area contributed by atoms with Crippen molar-refractivity contribution in [2.24, 2.45) is 0 Å². The summed E-state index contributed by atoms with van der Waals surface area (Å²) in [4.78, 5) is 3.72. The van der Waals surface area contributed by atoms with E-state index >= 15 is 0 Å². The van der Waals surface area contributed by atoms with Gasteiger partial charge in [0.1, 0.15) is 11.6 Å². The molecule has 6 heteroatoms. The third-order valence-corrected chi connectivity index (χ3v) is 2.42. The van der Waals surface area contributed by atoms with Crippen molar-refractivity contribution in [3.8, 4) is 11.1 Å². The van der Waals surface area contributed by atoms with Crippen LogP contribution in [0.2, 0.25) is 0 Å². The van der Waals surface area contributed by atoms with E-state index in [9.17, 15) is 17.6 Å². The van der Waals surface area contributed by atoms with Crippen molar-refractivity contribution in [3.63, 3.8) is 0 Å². The van der Waals surface area contributed by atoms with Crippen LogP contribution in [0.15, 0.2) is 36.5 Å². The highest BCUT2D eigenvalue weighted by molar-refractivity contribution is 5.76. The number of nitrogens with two attached hydrogens (primary N) is 1. The first-order valence-corrected chi connectivity index (χ1v) is 4.97. The normalized spacial score (nSPS) is 11.6. The largest absolute Gasteiger partial charge is 0.417 e. The number of nitrogens with zero attached hydrogens (tertiary/aromatic N) is 1. The zero-order valence-electron chi connectivity index (χ0n) is 9.00. The van der Waals surface area contributed by atoms with Gasteiger partial charge in [-0.1, -0.05) is 6.07 Å². The summed E-state index contributed by atoms with van der Waals surface area (Å²) in [5.74, 6) is -0.983. The molecule has 18 heavy (non-hydrogen) atoms. The van der Waals surface area contributed by atoms with Gasteiger partial charge in [-0.25, -0.2) is 9.37 Å². The second kappa shape index (κ2) is 4.29. The van der Waals surface area contributed by atoms with E-state index in [4.69, 9.17) is 5.73 Å². The molecule has 94 valence electrons. The topological polar surface area (TPSA) is 38.9 Å². The lowest BCUT2D eigenvalue weighted by Crippen LogP contribution is -2.08. The molecule has 2 rings (SSSR count). The maximum atomic E-state index is 12.9. The molecule has 1 aromatic heterocycles. The number of alkyl halides is 3. The summed E-state index contributed by atoms with van der Waals surface area (Å²) in [6.45, 7) is 0. The van der Waals surface area contributed by atoms with Crippen molar-refractivity contribution in [2.45, 2.75) is 6.18 Å². The van der Waals surface area contributed by atoms with E-state index in [0.29, 0.717) is 6.07 Å². The molecule has 0 saturated heterocycles. The third kappa shape index (κ3) is 2.27. The number of benzene rings is 1. The molecule has 2 nitrogen and oxygen atoms in total. The highest BCUT2D eigenvalue weighted by atomic mass is 19.4. The average Bonchev–Trinajstić information content (AvgIpc) is 2.29. The molecule has 0 unspecified atom stereocenters. The van der Waals surface area contributed by atoms with Gasteiger partial charge in [0.2, 0.25) is 0 Å². The molecule has 1 heterocycles. The predicted molar refractivity (Wildman–Crippen MR) is 59.0 cm³/mol. The van der Waals surface area contributed by atoms with Crippen LogP contribution < -0.4 is 5.73 Å². The molecule has 2 N–H and O–H groups in total. The monoisotopic (exact) mass is 256 g/mol. The molecule has 0 aliphatic rings. The number of rotatable bonds is 1. The Labute approximate surface area is 100 Å². The second-order valence-electron chi connectivity index (χ2n) is 3.62. The van der Waals surface area contributed by atoms with Gasteiger partial charge in [0.15, 0.2) is 0 Å². The lowest BCUT2D eigenvalue weighted by molar-refractivity contribution is -0.137. The first kappa shape index (κ1) is 12.3. The van der Waals surface area contributed by atoms with Gasteiger partial charge in [0.25, 0.3) is 0 Å². The molecule has 0 saturated carbocycles. The van der Waals surface area contributed by atoms with Crippen molar-refractivity contribution in [1.82, 2.24) is 4.98 Å². The van der Waals surface area contributed by atoms with Gasteiger partial charge in [-0.3, -0.25) is 0 Å². The van der Waals surface area contributed by atoms with Gasteiger partial charge in [-0.15, -0.1) is 0 Å². The summed E-state index contributed by atoms with van der Waals surface area (Å²) in [7, 11) is 0. The molecule has 0 atom stereocenters. The van der Waals surface area contributed by atoms with E-state index in [2.05, 4.69) is 4.98 Å². The molecule has 2 aromatic rings. The lowest BCUT2D eigenvalue weighted by atomic mass is 10.00. The molecular weight excluding hydrogens is 248 g/mol. The second-order valence-corrected chi connectivity index (χ2v) is 3.62. The van der Waals surface area contributed by atoms with E-state index < -0.39 is 17.6 Å². The van der Waals surface area contributed by atoms with Crippen LogP contribution in [0.3, 0.4) is 0 Å². The van der Waals surface area contributed by atoms with Crippen LogP contribution in [0.4, 0.5) is 23.4 Å².